The summed E-state index contributed by atoms with van der Waals surface area (Å²) in [4.78, 5) is 107. The second kappa shape index (κ2) is 28.1. The van der Waals surface area contributed by atoms with Gasteiger partial charge in [-0.05, 0) is 55.7 Å². The number of amides is 8. The van der Waals surface area contributed by atoms with Crippen LogP contribution >= 0.6 is 0 Å². The predicted octanol–water partition coefficient (Wildman–Crippen LogP) is 1.62. The maximum atomic E-state index is 14.1. The molecule has 0 aromatic heterocycles. The standard InChI is InChI=1S/C48H73N9O11/c1-6-7-8-9-10-11-12-13-14-15-16-17-18-19-39(61)56(4)36(28-58)46(66)55-42(49)48(68)51-27-40(62)57(5)41-32-21-23-38(60)34(26-32)33-24-31(20-22-37(33)59)25-35(45(65)52-29(2)43(50)63)54-44(64)30(3)53-47(41)67/h20-24,26,29-30,35-36,41-42,58-60H,6-19,25,27-28,49H2,1-5H3,(H2,50,63)(H,51,68)(H,52,65)(H,53,67)(H,54,64)(H,55,66)/t29-,30-,35-,36+,41-,42-/m0/s1. The van der Waals surface area contributed by atoms with Crippen LogP contribution in [0.15, 0.2) is 36.4 Å². The number of nitrogens with two attached hydrogens (primary N) is 2. The number of carbonyl (C=O) groups is 8. The normalized spacial score (nSPS) is 17.2. The molecular weight excluding hydrogens is 879 g/mol. The van der Waals surface area contributed by atoms with Gasteiger partial charge >= 0.3 is 0 Å². The molecule has 68 heavy (non-hydrogen) atoms. The minimum atomic E-state index is -1.72. The second-order valence-electron chi connectivity index (χ2n) is 17.6. The molecule has 0 unspecified atom stereocenters. The van der Waals surface area contributed by atoms with Gasteiger partial charge in [0.25, 0.3) is 5.91 Å². The highest BCUT2D eigenvalue weighted by atomic mass is 16.3. The van der Waals surface area contributed by atoms with Crippen LogP contribution in [0.2, 0.25) is 0 Å². The lowest BCUT2D eigenvalue weighted by Gasteiger charge is -2.30. The van der Waals surface area contributed by atoms with Crippen molar-refractivity contribution in [3.05, 3.63) is 47.5 Å². The zero-order valence-corrected chi connectivity index (χ0v) is 40.1. The first-order valence-electron chi connectivity index (χ1n) is 23.6. The molecule has 1 heterocycles. The number of aliphatic hydroxyl groups is 1. The Morgan fingerprint density at radius 2 is 1.32 bits per heavy atom. The van der Waals surface area contributed by atoms with E-state index in [1.807, 2.05) is 0 Å². The molecule has 20 heteroatoms. The summed E-state index contributed by atoms with van der Waals surface area (Å²) in [5.74, 6) is -7.03. The molecule has 20 nitrogen and oxygen atoms in total. The van der Waals surface area contributed by atoms with Gasteiger partial charge in [-0.2, -0.15) is 0 Å². The lowest BCUT2D eigenvalue weighted by Crippen LogP contribution is -2.59. The van der Waals surface area contributed by atoms with E-state index in [0.717, 1.165) is 35.5 Å². The molecule has 376 valence electrons. The minimum Gasteiger partial charge on any atom is -0.507 e. The minimum absolute atomic E-state index is 0.0427. The topological polar surface area (TPSA) is 316 Å². The summed E-state index contributed by atoms with van der Waals surface area (Å²) in [6.07, 6.45) is 13.2. The van der Waals surface area contributed by atoms with Crippen LogP contribution in [0.5, 0.6) is 11.5 Å². The van der Waals surface area contributed by atoms with Gasteiger partial charge in [0.1, 0.15) is 41.7 Å². The largest absolute Gasteiger partial charge is 0.507 e. The molecule has 2 aromatic carbocycles. The lowest BCUT2D eigenvalue weighted by molar-refractivity contribution is -0.142. The first kappa shape index (κ1) is 56.0. The molecule has 12 N–H and O–H groups in total. The van der Waals surface area contributed by atoms with Crippen molar-refractivity contribution < 1.29 is 53.7 Å². The van der Waals surface area contributed by atoms with E-state index >= 15 is 0 Å². The van der Waals surface area contributed by atoms with Crippen molar-refractivity contribution in [2.75, 3.05) is 27.2 Å². The number of aromatic hydroxyl groups is 2. The van der Waals surface area contributed by atoms with Crippen LogP contribution in [0.1, 0.15) is 128 Å². The number of fused-ring (bicyclic) bond motifs is 5. The van der Waals surface area contributed by atoms with E-state index in [0.29, 0.717) is 12.0 Å². The Morgan fingerprint density at radius 1 is 0.765 bits per heavy atom. The summed E-state index contributed by atoms with van der Waals surface area (Å²) >= 11 is 0. The third kappa shape index (κ3) is 17.1. The van der Waals surface area contributed by atoms with Crippen LogP contribution < -0.4 is 38.1 Å². The van der Waals surface area contributed by atoms with Gasteiger partial charge in [-0.25, -0.2) is 0 Å². The van der Waals surface area contributed by atoms with Crippen molar-refractivity contribution >= 4 is 47.3 Å². The fraction of sp³-hybridized carbons (Fsp3) is 0.583. The number of hydrogen-bond donors (Lipinski definition) is 10. The zero-order chi connectivity index (χ0) is 50.5. The molecule has 8 amide bonds. The van der Waals surface area contributed by atoms with Gasteiger partial charge in [0.15, 0.2) is 6.17 Å². The van der Waals surface area contributed by atoms with Crippen molar-refractivity contribution in [2.24, 2.45) is 11.5 Å². The summed E-state index contributed by atoms with van der Waals surface area (Å²) in [6.45, 7) is 3.42. The number of carbonyl (C=O) groups excluding carboxylic acids is 8. The van der Waals surface area contributed by atoms with Crippen LogP contribution in [0.25, 0.3) is 11.1 Å². The number of benzene rings is 2. The van der Waals surface area contributed by atoms with Crippen LogP contribution in [0.3, 0.4) is 0 Å². The van der Waals surface area contributed by atoms with Crippen molar-refractivity contribution in [2.45, 2.75) is 153 Å². The molecule has 1 aliphatic rings. The highest BCUT2D eigenvalue weighted by Gasteiger charge is 2.34. The Kier molecular flexibility index (Phi) is 23.2. The number of phenolic OH excluding ortho intramolecular Hbond substituents is 2. The molecule has 6 atom stereocenters. The smallest absolute Gasteiger partial charge is 0.257 e. The van der Waals surface area contributed by atoms with Gasteiger partial charge in [0.05, 0.1) is 13.2 Å². The SMILES string of the molecule is CCCCCCCCCCCCCCCC(=O)N(C)[C@H](CO)C(=O)N[C@H](N)C(=O)NCC(=O)N(C)[C@@H]1C(=O)N[C@@H](C)C(=O)N[C@H](C(=O)N[C@@H](C)C(N)=O)Cc2ccc(O)c(c2)-c2cc1ccc2O. The fourth-order valence-corrected chi connectivity index (χ4v) is 7.78. The fourth-order valence-electron chi connectivity index (χ4n) is 7.78. The summed E-state index contributed by atoms with van der Waals surface area (Å²) in [7, 11) is 2.62. The van der Waals surface area contributed by atoms with E-state index in [9.17, 15) is 53.7 Å². The number of nitrogens with zero attached hydrogens (tertiary/aromatic N) is 2. The van der Waals surface area contributed by atoms with E-state index < -0.39 is 90.9 Å². The maximum Gasteiger partial charge on any atom is 0.257 e. The number of phenols is 2. The number of primary amides is 1. The molecule has 0 saturated heterocycles. The van der Waals surface area contributed by atoms with Crippen LogP contribution in [-0.2, 0) is 44.8 Å². The van der Waals surface area contributed by atoms with Crippen molar-refractivity contribution in [1.29, 1.82) is 0 Å². The summed E-state index contributed by atoms with van der Waals surface area (Å²) in [5.41, 5.74) is 12.0. The monoisotopic (exact) mass is 952 g/mol. The molecule has 3 rings (SSSR count). The van der Waals surface area contributed by atoms with Crippen molar-refractivity contribution in [3.8, 4) is 22.6 Å². The molecule has 0 fully saturated rings. The highest BCUT2D eigenvalue weighted by molar-refractivity contribution is 5.97. The average molecular weight is 952 g/mol. The van der Waals surface area contributed by atoms with E-state index in [1.54, 1.807) is 0 Å². The Balaban J connectivity index is 1.65. The molecule has 4 bridgehead atoms. The quantitative estimate of drug-likeness (QED) is 0.0502. The number of rotatable bonds is 25. The van der Waals surface area contributed by atoms with Gasteiger partial charge in [0.2, 0.25) is 41.4 Å². The van der Waals surface area contributed by atoms with Gasteiger partial charge in [-0.1, -0.05) is 96.1 Å². The lowest BCUT2D eigenvalue weighted by atomic mass is 9.93. The third-order valence-electron chi connectivity index (χ3n) is 12.2. The van der Waals surface area contributed by atoms with Gasteiger partial charge in [-0.15, -0.1) is 0 Å². The third-order valence-corrected chi connectivity index (χ3v) is 12.2. The number of likely N-dealkylation sites (N-methyl/N-ethyl adjacent to an activating group) is 2. The second-order valence-corrected chi connectivity index (χ2v) is 17.6. The summed E-state index contributed by atoms with van der Waals surface area (Å²) < 4.78 is 0. The molecule has 2 aromatic rings. The van der Waals surface area contributed by atoms with E-state index in [-0.39, 0.29) is 46.9 Å². The van der Waals surface area contributed by atoms with Crippen LogP contribution in [0, 0.1) is 0 Å². The first-order chi connectivity index (χ1) is 32.3. The maximum absolute atomic E-state index is 14.1. The first-order valence-corrected chi connectivity index (χ1v) is 23.6. The molecule has 0 aliphatic carbocycles. The summed E-state index contributed by atoms with van der Waals surface area (Å²) in [5, 5.41) is 44.0. The Hall–Kier alpha value is -6.28. The molecular formula is C48H73N9O11. The van der Waals surface area contributed by atoms with Gasteiger partial charge in [-0.3, -0.25) is 38.4 Å². The predicted molar refractivity (Wildman–Crippen MR) is 254 cm³/mol. The average Bonchev–Trinajstić information content (AvgIpc) is 3.30. The number of nitrogens with one attached hydrogen (secondary N) is 5. The van der Waals surface area contributed by atoms with Crippen LogP contribution in [0.4, 0.5) is 0 Å². The molecule has 0 radical (unpaired) electrons. The highest BCUT2D eigenvalue weighted by Crippen LogP contribution is 2.38. The molecule has 0 spiro atoms. The Labute approximate surface area is 398 Å². The van der Waals surface area contributed by atoms with E-state index in [4.69, 9.17) is 11.5 Å². The van der Waals surface area contributed by atoms with Crippen molar-refractivity contribution in [1.82, 2.24) is 36.4 Å². The van der Waals surface area contributed by atoms with Crippen LogP contribution in [-0.4, -0.2) is 130 Å². The number of unbranched alkanes of at least 4 members (excludes halogenated alkanes) is 12. The summed E-state index contributed by atoms with van der Waals surface area (Å²) in [6, 6.07) is 1.66. The Morgan fingerprint density at radius 3 is 1.90 bits per heavy atom. The van der Waals surface area contributed by atoms with E-state index in [2.05, 4.69) is 33.5 Å². The molecule has 1 aliphatic heterocycles. The molecule has 0 saturated carbocycles. The van der Waals surface area contributed by atoms with Crippen molar-refractivity contribution in [3.63, 3.8) is 0 Å². The van der Waals surface area contributed by atoms with Gasteiger partial charge < -0.3 is 63.2 Å². The van der Waals surface area contributed by atoms with E-state index in [1.165, 1.54) is 116 Å². The Bertz CT molecular complexity index is 2070. The zero-order valence-electron chi connectivity index (χ0n) is 40.1. The van der Waals surface area contributed by atoms with Gasteiger partial charge in [0, 0.05) is 38.1 Å². The number of hydrogen-bond acceptors (Lipinski definition) is 12. The number of aliphatic hydroxyl groups excluding tert-OH is 1.